The quantitative estimate of drug-likeness (QED) is 0.671. The summed E-state index contributed by atoms with van der Waals surface area (Å²) in [6.45, 7) is 0. The monoisotopic (exact) mass is 262 g/mol. The van der Waals surface area contributed by atoms with Crippen molar-refractivity contribution in [2.24, 2.45) is 11.1 Å². The number of benzene rings is 1. The van der Waals surface area contributed by atoms with E-state index in [1.54, 1.807) is 12.1 Å². The second kappa shape index (κ2) is 4.49. The van der Waals surface area contributed by atoms with Crippen LogP contribution in [-0.4, -0.2) is 17.1 Å². The van der Waals surface area contributed by atoms with Gasteiger partial charge in [0.05, 0.1) is 4.92 Å². The molecule has 2 aliphatic carbocycles. The smallest absolute Gasteiger partial charge is 0.269 e. The van der Waals surface area contributed by atoms with E-state index in [2.05, 4.69) is 0 Å². The molecule has 2 fully saturated rings. The molecule has 2 N–H and O–H groups in total. The predicted octanol–water partition coefficient (Wildman–Crippen LogP) is 2.63. The van der Waals surface area contributed by atoms with Gasteiger partial charge in [-0.05, 0) is 25.0 Å². The van der Waals surface area contributed by atoms with Crippen molar-refractivity contribution in [3.63, 3.8) is 0 Å². The molecule has 5 heteroatoms. The summed E-state index contributed by atoms with van der Waals surface area (Å²) in [6.07, 6.45) is 5.81. The minimum Gasteiger partial charge on any atom is -0.490 e. The van der Waals surface area contributed by atoms with Crippen molar-refractivity contribution in [2.75, 3.05) is 0 Å². The highest BCUT2D eigenvalue weighted by atomic mass is 16.6. The van der Waals surface area contributed by atoms with Gasteiger partial charge in [-0.3, -0.25) is 10.1 Å². The Balaban J connectivity index is 1.70. The zero-order valence-corrected chi connectivity index (χ0v) is 10.7. The molecule has 2 saturated carbocycles. The molecule has 1 spiro atoms. The van der Waals surface area contributed by atoms with Gasteiger partial charge in [-0.25, -0.2) is 0 Å². The third-order valence-corrected chi connectivity index (χ3v) is 4.71. The first kappa shape index (κ1) is 12.4. The van der Waals surface area contributed by atoms with Crippen LogP contribution >= 0.6 is 0 Å². The predicted molar refractivity (Wildman–Crippen MR) is 71.0 cm³/mol. The molecule has 1 aromatic carbocycles. The van der Waals surface area contributed by atoms with Gasteiger partial charge in [0.25, 0.3) is 5.69 Å². The lowest BCUT2D eigenvalue weighted by Gasteiger charge is -2.52. The first-order chi connectivity index (χ1) is 9.12. The van der Waals surface area contributed by atoms with Gasteiger partial charge in [-0.1, -0.05) is 12.8 Å². The van der Waals surface area contributed by atoms with E-state index in [0.29, 0.717) is 5.75 Å². The standard InChI is InChI=1S/C14H18N2O3/c15-12-9-13(14(12)7-1-2-8-14)19-11-5-3-10(4-6-11)16(17)18/h3-6,12-13H,1-2,7-9,15H2. The topological polar surface area (TPSA) is 78.4 Å². The van der Waals surface area contributed by atoms with Gasteiger partial charge >= 0.3 is 0 Å². The van der Waals surface area contributed by atoms with Crippen molar-refractivity contribution in [3.05, 3.63) is 34.4 Å². The van der Waals surface area contributed by atoms with Crippen LogP contribution in [0.1, 0.15) is 32.1 Å². The van der Waals surface area contributed by atoms with E-state index in [1.807, 2.05) is 0 Å². The van der Waals surface area contributed by atoms with E-state index in [4.69, 9.17) is 10.5 Å². The van der Waals surface area contributed by atoms with Gasteiger partial charge in [0, 0.05) is 30.0 Å². The number of nitro groups is 1. The van der Waals surface area contributed by atoms with Crippen molar-refractivity contribution < 1.29 is 9.66 Å². The molecule has 19 heavy (non-hydrogen) atoms. The molecule has 102 valence electrons. The lowest BCUT2D eigenvalue weighted by atomic mass is 9.61. The van der Waals surface area contributed by atoms with Crippen molar-refractivity contribution in [1.29, 1.82) is 0 Å². The zero-order chi connectivity index (χ0) is 13.5. The Morgan fingerprint density at radius 2 is 1.89 bits per heavy atom. The molecule has 2 atom stereocenters. The molecule has 0 radical (unpaired) electrons. The minimum atomic E-state index is -0.401. The number of nitrogens with zero attached hydrogens (tertiary/aromatic N) is 1. The summed E-state index contributed by atoms with van der Waals surface area (Å²) >= 11 is 0. The molecular weight excluding hydrogens is 244 g/mol. The van der Waals surface area contributed by atoms with Crippen LogP contribution in [0.2, 0.25) is 0 Å². The van der Waals surface area contributed by atoms with Gasteiger partial charge in [0.15, 0.2) is 0 Å². The number of nitrogens with two attached hydrogens (primary N) is 1. The maximum absolute atomic E-state index is 10.6. The summed E-state index contributed by atoms with van der Waals surface area (Å²) in [4.78, 5) is 10.2. The molecule has 0 saturated heterocycles. The van der Waals surface area contributed by atoms with E-state index in [0.717, 1.165) is 19.3 Å². The fourth-order valence-corrected chi connectivity index (χ4v) is 3.48. The zero-order valence-electron chi connectivity index (χ0n) is 10.7. The average Bonchev–Trinajstić information content (AvgIpc) is 2.91. The molecule has 3 rings (SSSR count). The van der Waals surface area contributed by atoms with Gasteiger partial charge in [-0.2, -0.15) is 0 Å². The first-order valence-electron chi connectivity index (χ1n) is 6.78. The largest absolute Gasteiger partial charge is 0.490 e. The van der Waals surface area contributed by atoms with Crippen LogP contribution in [0.15, 0.2) is 24.3 Å². The number of non-ortho nitro benzene ring substituents is 1. The minimum absolute atomic E-state index is 0.0910. The molecule has 0 aromatic heterocycles. The molecular formula is C14H18N2O3. The Morgan fingerprint density at radius 1 is 1.26 bits per heavy atom. The number of nitro benzene ring substituents is 1. The maximum atomic E-state index is 10.6. The third-order valence-electron chi connectivity index (χ3n) is 4.71. The van der Waals surface area contributed by atoms with Crippen molar-refractivity contribution in [3.8, 4) is 5.75 Å². The molecule has 5 nitrogen and oxygen atoms in total. The number of hydrogen-bond acceptors (Lipinski definition) is 4. The fraction of sp³-hybridized carbons (Fsp3) is 0.571. The van der Waals surface area contributed by atoms with Crippen LogP contribution < -0.4 is 10.5 Å². The molecule has 1 aromatic rings. The molecule has 0 bridgehead atoms. The number of rotatable bonds is 3. The second-order valence-electron chi connectivity index (χ2n) is 5.64. The van der Waals surface area contributed by atoms with Crippen LogP contribution in [0.4, 0.5) is 5.69 Å². The van der Waals surface area contributed by atoms with Gasteiger partial charge in [0.1, 0.15) is 11.9 Å². The maximum Gasteiger partial charge on any atom is 0.269 e. The second-order valence-corrected chi connectivity index (χ2v) is 5.64. The Morgan fingerprint density at radius 3 is 2.42 bits per heavy atom. The van der Waals surface area contributed by atoms with Crippen molar-refractivity contribution in [1.82, 2.24) is 0 Å². The molecule has 0 aliphatic heterocycles. The van der Waals surface area contributed by atoms with Crippen LogP contribution in [0.25, 0.3) is 0 Å². The van der Waals surface area contributed by atoms with Crippen LogP contribution in [-0.2, 0) is 0 Å². The van der Waals surface area contributed by atoms with Crippen LogP contribution in [0, 0.1) is 15.5 Å². The van der Waals surface area contributed by atoms with Crippen molar-refractivity contribution >= 4 is 5.69 Å². The fourth-order valence-electron chi connectivity index (χ4n) is 3.48. The van der Waals surface area contributed by atoms with Gasteiger partial charge in [0.2, 0.25) is 0 Å². The summed E-state index contributed by atoms with van der Waals surface area (Å²) in [5.74, 6) is 0.703. The summed E-state index contributed by atoms with van der Waals surface area (Å²) in [5, 5.41) is 10.6. The normalized spacial score (nSPS) is 28.1. The highest BCUT2D eigenvalue weighted by Crippen LogP contribution is 2.53. The lowest BCUT2D eigenvalue weighted by Crippen LogP contribution is -2.62. The molecule has 2 aliphatic rings. The molecule has 0 heterocycles. The average molecular weight is 262 g/mol. The number of hydrogen-bond donors (Lipinski definition) is 1. The molecule has 0 amide bonds. The van der Waals surface area contributed by atoms with Gasteiger partial charge < -0.3 is 10.5 Å². The van der Waals surface area contributed by atoms with E-state index in [9.17, 15) is 10.1 Å². The highest BCUT2D eigenvalue weighted by molar-refractivity contribution is 5.36. The summed E-state index contributed by atoms with van der Waals surface area (Å²) in [7, 11) is 0. The first-order valence-corrected chi connectivity index (χ1v) is 6.78. The SMILES string of the molecule is NC1CC(Oc2ccc([N+](=O)[O-])cc2)C12CCCC2. The Hall–Kier alpha value is -1.62. The third kappa shape index (κ3) is 1.98. The Kier molecular flexibility index (Phi) is 2.93. The van der Waals surface area contributed by atoms with Gasteiger partial charge in [-0.15, -0.1) is 0 Å². The van der Waals surface area contributed by atoms with Crippen LogP contribution in [0.3, 0.4) is 0 Å². The number of ether oxygens (including phenoxy) is 1. The summed E-state index contributed by atoms with van der Waals surface area (Å²) in [6, 6.07) is 6.55. The van der Waals surface area contributed by atoms with E-state index in [1.165, 1.54) is 25.0 Å². The van der Waals surface area contributed by atoms with E-state index >= 15 is 0 Å². The Labute approximate surface area is 111 Å². The highest BCUT2D eigenvalue weighted by Gasteiger charge is 2.56. The van der Waals surface area contributed by atoms with E-state index in [-0.39, 0.29) is 23.2 Å². The summed E-state index contributed by atoms with van der Waals surface area (Å²) < 4.78 is 5.99. The van der Waals surface area contributed by atoms with E-state index < -0.39 is 4.92 Å². The lowest BCUT2D eigenvalue weighted by molar-refractivity contribution is -0.384. The van der Waals surface area contributed by atoms with Crippen molar-refractivity contribution in [2.45, 2.75) is 44.2 Å². The summed E-state index contributed by atoms with van der Waals surface area (Å²) in [5.41, 5.74) is 6.40. The Bertz CT molecular complexity index is 480. The van der Waals surface area contributed by atoms with Crippen LogP contribution in [0.5, 0.6) is 5.75 Å². The molecule has 2 unspecified atom stereocenters.